The summed E-state index contributed by atoms with van der Waals surface area (Å²) < 4.78 is 28.0. The highest BCUT2D eigenvalue weighted by atomic mass is 35.5. The summed E-state index contributed by atoms with van der Waals surface area (Å²) in [6, 6.07) is 7.88. The number of piperazine rings is 1. The van der Waals surface area contributed by atoms with Gasteiger partial charge in [0.05, 0.1) is 16.6 Å². The number of aliphatic hydroxyl groups is 1. The number of aromatic nitrogens is 5. The number of hydrogen-bond acceptors (Lipinski definition) is 8. The summed E-state index contributed by atoms with van der Waals surface area (Å²) in [6.07, 6.45) is 4.01. The highest BCUT2D eigenvalue weighted by Gasteiger charge is 2.32. The van der Waals surface area contributed by atoms with E-state index in [1.54, 1.807) is 18.2 Å². The van der Waals surface area contributed by atoms with Crippen molar-refractivity contribution in [3.8, 4) is 11.4 Å². The fourth-order valence-electron chi connectivity index (χ4n) is 3.89. The third-order valence-electron chi connectivity index (χ3n) is 5.85. The van der Waals surface area contributed by atoms with Crippen molar-refractivity contribution in [2.45, 2.75) is 11.8 Å². The number of pyridine rings is 1. The largest absolute Gasteiger partial charge is 0.618 e. The summed E-state index contributed by atoms with van der Waals surface area (Å²) in [5.74, 6) is -0.0247. The van der Waals surface area contributed by atoms with Gasteiger partial charge in [0.1, 0.15) is 6.61 Å². The van der Waals surface area contributed by atoms with E-state index in [4.69, 9.17) is 11.6 Å². The second-order valence-corrected chi connectivity index (χ2v) is 10.4. The van der Waals surface area contributed by atoms with Crippen LogP contribution in [0, 0.1) is 5.21 Å². The first-order valence-electron chi connectivity index (χ1n) is 10.9. The van der Waals surface area contributed by atoms with Crippen molar-refractivity contribution >= 4 is 38.6 Å². The quantitative estimate of drug-likeness (QED) is 0.285. The Morgan fingerprint density at radius 3 is 2.56 bits per heavy atom. The number of carbonyl (C=O) groups excluding carboxylic acids is 1. The lowest BCUT2D eigenvalue weighted by Crippen LogP contribution is -2.50. The van der Waals surface area contributed by atoms with Gasteiger partial charge in [0, 0.05) is 61.3 Å². The molecule has 1 aliphatic heterocycles. The highest BCUT2D eigenvalue weighted by molar-refractivity contribution is 7.89. The maximum absolute atomic E-state index is 13.1. The van der Waals surface area contributed by atoms with Crippen molar-refractivity contribution in [2.24, 2.45) is 0 Å². The minimum absolute atomic E-state index is 0.105. The molecule has 0 bridgehead atoms. The second-order valence-electron chi connectivity index (χ2n) is 8.09. The number of halogens is 1. The maximum atomic E-state index is 13.1. The number of H-pyrrole nitrogens is 1. The number of imidazole rings is 1. The number of rotatable bonds is 5. The molecule has 3 aromatic heterocycles. The smallest absolute Gasteiger partial charge is 0.276 e. The Morgan fingerprint density at radius 2 is 1.86 bits per heavy atom. The molecule has 1 aromatic carbocycles. The maximum Gasteiger partial charge on any atom is 0.276 e. The Kier molecular flexibility index (Phi) is 6.30. The molecule has 0 radical (unpaired) electrons. The summed E-state index contributed by atoms with van der Waals surface area (Å²) in [5, 5.41) is 21.1. The molecule has 1 saturated heterocycles. The zero-order valence-electron chi connectivity index (χ0n) is 18.7. The minimum Gasteiger partial charge on any atom is -0.618 e. The Hall–Kier alpha value is -3.65. The van der Waals surface area contributed by atoms with Gasteiger partial charge in [-0.25, -0.2) is 23.4 Å². The molecular formula is C22H20ClN7O5S. The molecular weight excluding hydrogens is 510 g/mol. The van der Waals surface area contributed by atoms with Crippen LogP contribution in [0.4, 0.5) is 0 Å². The molecule has 1 fully saturated rings. The molecule has 14 heteroatoms. The van der Waals surface area contributed by atoms with Crippen molar-refractivity contribution in [3.05, 3.63) is 70.4 Å². The van der Waals surface area contributed by atoms with Gasteiger partial charge < -0.3 is 20.2 Å². The van der Waals surface area contributed by atoms with Crippen LogP contribution in [0.15, 0.2) is 54.1 Å². The number of sulfonamides is 1. The van der Waals surface area contributed by atoms with Gasteiger partial charge in [0.25, 0.3) is 15.9 Å². The fraction of sp³-hybridized carbons (Fsp3) is 0.227. The topological polar surface area (TPSA) is 159 Å². The van der Waals surface area contributed by atoms with Gasteiger partial charge >= 0.3 is 0 Å². The Balaban J connectivity index is 1.26. The standard InChI is InChI=1S/C22H20ClN7O5S/c23-16-1-2-18-19(10-16)27-22(26-18)36(34,35)29-7-5-28(6-8-29)21(32)15-11-24-20(25-12-15)14-3-4-30(33)17(9-14)13-31/h1-4,9-12,31H,5-8,13H2,(H,26,27). The molecule has 36 heavy (non-hydrogen) atoms. The summed E-state index contributed by atoms with van der Waals surface area (Å²) >= 11 is 5.96. The number of aliphatic hydroxyl groups excluding tert-OH is 1. The van der Waals surface area contributed by atoms with E-state index >= 15 is 0 Å². The third-order valence-corrected chi connectivity index (χ3v) is 7.81. The van der Waals surface area contributed by atoms with Crippen molar-refractivity contribution in [3.63, 3.8) is 0 Å². The summed E-state index contributed by atoms with van der Waals surface area (Å²) in [7, 11) is -3.88. The molecule has 4 aromatic rings. The van der Waals surface area contributed by atoms with E-state index in [9.17, 15) is 23.5 Å². The van der Waals surface area contributed by atoms with E-state index in [1.165, 1.54) is 39.9 Å². The molecule has 0 saturated carbocycles. The predicted molar refractivity (Wildman–Crippen MR) is 128 cm³/mol. The van der Waals surface area contributed by atoms with Gasteiger partial charge in [0.2, 0.25) is 10.9 Å². The zero-order valence-corrected chi connectivity index (χ0v) is 20.3. The Labute approximate surface area is 210 Å². The van der Waals surface area contributed by atoms with E-state index in [1.807, 2.05) is 0 Å². The van der Waals surface area contributed by atoms with Crippen LogP contribution in [0.1, 0.15) is 16.1 Å². The van der Waals surface area contributed by atoms with Crippen molar-refractivity contribution < 1.29 is 23.0 Å². The first-order valence-corrected chi connectivity index (χ1v) is 12.7. The lowest BCUT2D eigenvalue weighted by molar-refractivity contribution is -0.616. The number of aromatic amines is 1. The van der Waals surface area contributed by atoms with Gasteiger partial charge in [-0.3, -0.25) is 4.79 Å². The predicted octanol–water partition coefficient (Wildman–Crippen LogP) is 0.946. The number of fused-ring (bicyclic) bond motifs is 1. The summed E-state index contributed by atoms with van der Waals surface area (Å²) in [6.45, 7) is 0.157. The van der Waals surface area contributed by atoms with E-state index in [0.29, 0.717) is 32.2 Å². The molecule has 0 spiro atoms. The van der Waals surface area contributed by atoms with Gasteiger partial charge in [0.15, 0.2) is 12.0 Å². The SMILES string of the molecule is O=C(c1cnc(-c2cc[n+]([O-])c(CO)c2)nc1)N1CCN(S(=O)(=O)c2nc3cc(Cl)ccc3[nH]2)CC1. The normalized spacial score (nSPS) is 14.9. The number of carbonyl (C=O) groups is 1. The first-order chi connectivity index (χ1) is 17.3. The van der Waals surface area contributed by atoms with Crippen LogP contribution in [0.25, 0.3) is 22.4 Å². The molecule has 2 N–H and O–H groups in total. The monoisotopic (exact) mass is 529 g/mol. The van der Waals surface area contributed by atoms with Crippen LogP contribution in [0.3, 0.4) is 0 Å². The van der Waals surface area contributed by atoms with Gasteiger partial charge in [-0.1, -0.05) is 11.6 Å². The van der Waals surface area contributed by atoms with E-state index in [2.05, 4.69) is 19.9 Å². The highest BCUT2D eigenvalue weighted by Crippen LogP contribution is 2.22. The Bertz CT molecular complexity index is 1550. The van der Waals surface area contributed by atoms with Gasteiger partial charge in [-0.2, -0.15) is 9.04 Å². The molecule has 1 amide bonds. The van der Waals surface area contributed by atoms with Crippen LogP contribution in [-0.4, -0.2) is 74.8 Å². The van der Waals surface area contributed by atoms with Crippen LogP contribution in [-0.2, 0) is 16.6 Å². The third kappa shape index (κ3) is 4.48. The van der Waals surface area contributed by atoms with Gasteiger partial charge in [-0.05, 0) is 18.2 Å². The lowest BCUT2D eigenvalue weighted by Gasteiger charge is -2.33. The first kappa shape index (κ1) is 24.1. The molecule has 186 valence electrons. The number of amides is 1. The molecule has 0 unspecified atom stereocenters. The average molecular weight is 530 g/mol. The lowest BCUT2D eigenvalue weighted by atomic mass is 10.2. The van der Waals surface area contributed by atoms with Crippen molar-refractivity contribution in [1.82, 2.24) is 29.1 Å². The number of nitrogens with zero attached hydrogens (tertiary/aromatic N) is 6. The van der Waals surface area contributed by atoms with E-state index < -0.39 is 16.6 Å². The number of hydrogen-bond donors (Lipinski definition) is 2. The number of nitrogens with one attached hydrogen (secondary N) is 1. The number of benzene rings is 1. The molecule has 1 aliphatic rings. The van der Waals surface area contributed by atoms with Gasteiger partial charge in [-0.15, -0.1) is 0 Å². The summed E-state index contributed by atoms with van der Waals surface area (Å²) in [5.41, 5.74) is 1.94. The minimum atomic E-state index is -3.88. The molecule has 5 rings (SSSR count). The van der Waals surface area contributed by atoms with Crippen LogP contribution in [0.5, 0.6) is 0 Å². The Morgan fingerprint density at radius 1 is 1.14 bits per heavy atom. The van der Waals surface area contributed by atoms with Crippen LogP contribution in [0.2, 0.25) is 5.02 Å². The molecule has 12 nitrogen and oxygen atoms in total. The average Bonchev–Trinajstić information content (AvgIpc) is 3.33. The zero-order chi connectivity index (χ0) is 25.4. The van der Waals surface area contributed by atoms with E-state index in [-0.39, 0.29) is 48.5 Å². The van der Waals surface area contributed by atoms with Crippen LogP contribution < -0.4 is 4.73 Å². The van der Waals surface area contributed by atoms with Crippen molar-refractivity contribution in [2.75, 3.05) is 26.2 Å². The molecule has 0 atom stereocenters. The molecule has 0 aliphatic carbocycles. The van der Waals surface area contributed by atoms with E-state index in [0.717, 1.165) is 0 Å². The van der Waals surface area contributed by atoms with Crippen molar-refractivity contribution in [1.29, 1.82) is 0 Å². The molecule has 4 heterocycles. The summed E-state index contributed by atoms with van der Waals surface area (Å²) in [4.78, 5) is 29.9. The van der Waals surface area contributed by atoms with Crippen LogP contribution >= 0.6 is 11.6 Å². The fourth-order valence-corrected chi connectivity index (χ4v) is 5.40. The second kappa shape index (κ2) is 9.43.